The monoisotopic (exact) mass is 277 g/mol. The molecule has 2 nitrogen and oxygen atoms in total. The highest BCUT2D eigenvalue weighted by atomic mass is 16.3. The van der Waals surface area contributed by atoms with E-state index in [1.54, 1.807) is 0 Å². The van der Waals surface area contributed by atoms with Gasteiger partial charge in [-0.2, -0.15) is 0 Å². The van der Waals surface area contributed by atoms with E-state index in [0.717, 1.165) is 19.4 Å². The highest BCUT2D eigenvalue weighted by molar-refractivity contribution is 5.14. The molecule has 0 amide bonds. The minimum Gasteiger partial charge on any atom is -0.395 e. The third kappa shape index (κ3) is 8.34. The molecule has 1 aromatic carbocycles. The van der Waals surface area contributed by atoms with Crippen LogP contribution in [0, 0.1) is 0 Å². The van der Waals surface area contributed by atoms with Crippen LogP contribution in [0.15, 0.2) is 30.3 Å². The number of nitrogens with one attached hydrogen (secondary N) is 1. The first-order valence-corrected chi connectivity index (χ1v) is 8.25. The van der Waals surface area contributed by atoms with E-state index in [1.165, 1.54) is 44.1 Å². The van der Waals surface area contributed by atoms with Gasteiger partial charge in [-0.05, 0) is 24.9 Å². The molecule has 2 heteroatoms. The Morgan fingerprint density at radius 1 is 1.00 bits per heavy atom. The van der Waals surface area contributed by atoms with E-state index in [-0.39, 0.29) is 12.6 Å². The Bertz CT molecular complexity index is 312. The van der Waals surface area contributed by atoms with Crippen molar-refractivity contribution in [2.75, 3.05) is 13.2 Å². The first-order chi connectivity index (χ1) is 9.86. The normalized spacial score (nSPS) is 12.5. The molecule has 1 rings (SSSR count). The van der Waals surface area contributed by atoms with E-state index in [2.05, 4.69) is 36.5 Å². The molecule has 0 aliphatic rings. The molecule has 0 aliphatic heterocycles. The van der Waals surface area contributed by atoms with Gasteiger partial charge in [0.2, 0.25) is 0 Å². The molecular weight excluding hydrogens is 246 g/mol. The van der Waals surface area contributed by atoms with Gasteiger partial charge in [0.1, 0.15) is 0 Å². The van der Waals surface area contributed by atoms with Crippen molar-refractivity contribution < 1.29 is 5.11 Å². The number of aliphatic hydroxyl groups is 1. The number of hydrogen-bond donors (Lipinski definition) is 2. The molecule has 0 spiro atoms. The molecule has 0 heterocycles. The van der Waals surface area contributed by atoms with E-state index in [0.29, 0.717) is 0 Å². The van der Waals surface area contributed by atoms with Crippen molar-refractivity contribution in [3.8, 4) is 0 Å². The van der Waals surface area contributed by atoms with Crippen molar-refractivity contribution in [2.24, 2.45) is 0 Å². The Morgan fingerprint density at radius 3 is 2.40 bits per heavy atom. The van der Waals surface area contributed by atoms with E-state index in [4.69, 9.17) is 0 Å². The van der Waals surface area contributed by atoms with Crippen LogP contribution in [0.2, 0.25) is 0 Å². The Labute approximate surface area is 124 Å². The molecule has 1 aromatic rings. The maximum atomic E-state index is 9.40. The second-order valence-electron chi connectivity index (χ2n) is 5.63. The fourth-order valence-corrected chi connectivity index (χ4v) is 2.49. The molecule has 114 valence electrons. The molecule has 0 aliphatic carbocycles. The summed E-state index contributed by atoms with van der Waals surface area (Å²) in [6, 6.07) is 10.8. The topological polar surface area (TPSA) is 32.3 Å². The number of benzene rings is 1. The van der Waals surface area contributed by atoms with Crippen molar-refractivity contribution in [3.63, 3.8) is 0 Å². The SMILES string of the molecule is CCCCCCCCC(CO)NCCc1ccccc1. The Hall–Kier alpha value is -0.860. The Balaban J connectivity index is 2.04. The van der Waals surface area contributed by atoms with Gasteiger partial charge in [0, 0.05) is 6.04 Å². The van der Waals surface area contributed by atoms with Crippen LogP contribution >= 0.6 is 0 Å². The molecule has 1 unspecified atom stereocenters. The summed E-state index contributed by atoms with van der Waals surface area (Å²) in [6.07, 6.45) is 10.0. The van der Waals surface area contributed by atoms with E-state index >= 15 is 0 Å². The van der Waals surface area contributed by atoms with Crippen LogP contribution in [0.3, 0.4) is 0 Å². The predicted octanol–water partition coefficient (Wildman–Crippen LogP) is 3.93. The quantitative estimate of drug-likeness (QED) is 0.567. The zero-order valence-corrected chi connectivity index (χ0v) is 13.0. The maximum Gasteiger partial charge on any atom is 0.0584 e. The first kappa shape index (κ1) is 17.2. The lowest BCUT2D eigenvalue weighted by molar-refractivity contribution is 0.233. The largest absolute Gasteiger partial charge is 0.395 e. The first-order valence-electron chi connectivity index (χ1n) is 8.25. The molecule has 0 fully saturated rings. The average Bonchev–Trinajstić information content (AvgIpc) is 2.50. The van der Waals surface area contributed by atoms with Crippen LogP contribution in [-0.4, -0.2) is 24.3 Å². The van der Waals surface area contributed by atoms with Gasteiger partial charge in [0.25, 0.3) is 0 Å². The van der Waals surface area contributed by atoms with Gasteiger partial charge < -0.3 is 10.4 Å². The van der Waals surface area contributed by atoms with Crippen molar-refractivity contribution in [2.45, 2.75) is 64.3 Å². The molecule has 0 aromatic heterocycles. The molecular formula is C18H31NO. The lowest BCUT2D eigenvalue weighted by Crippen LogP contribution is -2.33. The molecule has 2 N–H and O–H groups in total. The Kier molecular flexibility index (Phi) is 10.3. The van der Waals surface area contributed by atoms with Crippen LogP contribution in [0.1, 0.15) is 57.4 Å². The summed E-state index contributed by atoms with van der Waals surface area (Å²) in [5, 5.41) is 12.9. The van der Waals surface area contributed by atoms with E-state index in [1.807, 2.05) is 6.07 Å². The third-order valence-electron chi connectivity index (χ3n) is 3.82. The van der Waals surface area contributed by atoms with Crippen molar-refractivity contribution in [3.05, 3.63) is 35.9 Å². The Morgan fingerprint density at radius 2 is 1.70 bits per heavy atom. The maximum absolute atomic E-state index is 9.40. The van der Waals surface area contributed by atoms with E-state index in [9.17, 15) is 5.11 Å². The summed E-state index contributed by atoms with van der Waals surface area (Å²) in [5.74, 6) is 0. The minimum atomic E-state index is 0.254. The number of hydrogen-bond acceptors (Lipinski definition) is 2. The van der Waals surface area contributed by atoms with Crippen molar-refractivity contribution >= 4 is 0 Å². The standard InChI is InChI=1S/C18H31NO/c1-2-3-4-5-6-10-13-18(16-20)19-15-14-17-11-8-7-9-12-17/h7-9,11-12,18-20H,2-6,10,13-16H2,1H3. The van der Waals surface area contributed by atoms with Crippen LogP contribution in [0.25, 0.3) is 0 Å². The van der Waals surface area contributed by atoms with E-state index < -0.39 is 0 Å². The van der Waals surface area contributed by atoms with Crippen molar-refractivity contribution in [1.29, 1.82) is 0 Å². The summed E-state index contributed by atoms with van der Waals surface area (Å²) < 4.78 is 0. The van der Waals surface area contributed by atoms with Crippen LogP contribution in [-0.2, 0) is 6.42 Å². The fraction of sp³-hybridized carbons (Fsp3) is 0.667. The van der Waals surface area contributed by atoms with Crippen LogP contribution in [0.4, 0.5) is 0 Å². The van der Waals surface area contributed by atoms with Gasteiger partial charge in [0.05, 0.1) is 6.61 Å². The molecule has 0 saturated carbocycles. The van der Waals surface area contributed by atoms with Gasteiger partial charge in [-0.15, -0.1) is 0 Å². The lowest BCUT2D eigenvalue weighted by atomic mass is 10.1. The fourth-order valence-electron chi connectivity index (χ4n) is 2.49. The van der Waals surface area contributed by atoms with Gasteiger partial charge >= 0.3 is 0 Å². The second kappa shape index (κ2) is 11.9. The number of rotatable bonds is 12. The average molecular weight is 277 g/mol. The molecule has 0 radical (unpaired) electrons. The van der Waals surface area contributed by atoms with Gasteiger partial charge in [-0.25, -0.2) is 0 Å². The van der Waals surface area contributed by atoms with Crippen LogP contribution in [0.5, 0.6) is 0 Å². The zero-order valence-electron chi connectivity index (χ0n) is 13.0. The molecule has 20 heavy (non-hydrogen) atoms. The molecule has 1 atom stereocenters. The lowest BCUT2D eigenvalue weighted by Gasteiger charge is -2.16. The van der Waals surface area contributed by atoms with Gasteiger partial charge in [0.15, 0.2) is 0 Å². The van der Waals surface area contributed by atoms with Gasteiger partial charge in [-0.3, -0.25) is 0 Å². The van der Waals surface area contributed by atoms with Crippen LogP contribution < -0.4 is 5.32 Å². The highest BCUT2D eigenvalue weighted by Crippen LogP contribution is 2.08. The summed E-state index contributed by atoms with van der Waals surface area (Å²) >= 11 is 0. The van der Waals surface area contributed by atoms with Crippen molar-refractivity contribution in [1.82, 2.24) is 5.32 Å². The number of unbranched alkanes of at least 4 members (excludes halogenated alkanes) is 5. The predicted molar refractivity (Wildman–Crippen MR) is 87.0 cm³/mol. The second-order valence-corrected chi connectivity index (χ2v) is 5.63. The molecule has 0 bridgehead atoms. The molecule has 0 saturated heterocycles. The minimum absolute atomic E-state index is 0.254. The summed E-state index contributed by atoms with van der Waals surface area (Å²) in [7, 11) is 0. The zero-order chi connectivity index (χ0) is 14.5. The summed E-state index contributed by atoms with van der Waals surface area (Å²) in [4.78, 5) is 0. The third-order valence-corrected chi connectivity index (χ3v) is 3.82. The summed E-state index contributed by atoms with van der Waals surface area (Å²) in [6.45, 7) is 3.45. The highest BCUT2D eigenvalue weighted by Gasteiger charge is 2.05. The number of aliphatic hydroxyl groups excluding tert-OH is 1. The smallest absolute Gasteiger partial charge is 0.0584 e. The summed E-state index contributed by atoms with van der Waals surface area (Å²) in [5.41, 5.74) is 1.36. The van der Waals surface area contributed by atoms with Gasteiger partial charge in [-0.1, -0.05) is 75.8 Å².